The van der Waals surface area contributed by atoms with Gasteiger partial charge in [0.15, 0.2) is 0 Å². The average molecular weight is 380 g/mol. The Morgan fingerprint density at radius 2 is 2.12 bits per heavy atom. The summed E-state index contributed by atoms with van der Waals surface area (Å²) < 4.78 is 32.0. The zero-order valence-electron chi connectivity index (χ0n) is 15.6. The highest BCUT2D eigenvalue weighted by Crippen LogP contribution is 2.33. The molecule has 1 saturated heterocycles. The quantitative estimate of drug-likeness (QED) is 0.764. The number of piperidine rings is 1. The summed E-state index contributed by atoms with van der Waals surface area (Å²) >= 11 is 0. The summed E-state index contributed by atoms with van der Waals surface area (Å²) in [7, 11) is -1.49. The van der Waals surface area contributed by atoms with Crippen molar-refractivity contribution in [3.63, 3.8) is 0 Å². The van der Waals surface area contributed by atoms with Gasteiger partial charge in [0.25, 0.3) is 0 Å². The van der Waals surface area contributed by atoms with Crippen molar-refractivity contribution in [2.75, 3.05) is 32.6 Å². The van der Waals surface area contributed by atoms with Gasteiger partial charge in [-0.2, -0.15) is 0 Å². The zero-order chi connectivity index (χ0) is 18.6. The van der Waals surface area contributed by atoms with E-state index in [4.69, 9.17) is 4.74 Å². The number of hydrogen-bond donors (Lipinski definition) is 1. The first-order valence-electron chi connectivity index (χ1n) is 9.40. The molecule has 2 aromatic rings. The highest BCUT2D eigenvalue weighted by atomic mass is 32.2. The third-order valence-electron chi connectivity index (χ3n) is 5.45. The maximum atomic E-state index is 12.6. The predicted octanol–water partition coefficient (Wildman–Crippen LogP) is 3.13. The van der Waals surface area contributed by atoms with Crippen LogP contribution in [0.5, 0.6) is 0 Å². The number of nitrogens with zero attached hydrogens (tertiary/aromatic N) is 2. The molecule has 6 nitrogen and oxygen atoms in total. The average Bonchev–Trinajstić information content (AvgIpc) is 3.09. The summed E-state index contributed by atoms with van der Waals surface area (Å²) in [6.07, 6.45) is 7.14. The lowest BCUT2D eigenvalue weighted by atomic mass is 9.90. The van der Waals surface area contributed by atoms with Crippen LogP contribution in [0.25, 0.3) is 11.0 Å². The number of aromatic amines is 1. The molecule has 1 N–H and O–H groups in total. The Morgan fingerprint density at radius 3 is 2.85 bits per heavy atom. The molecule has 0 aliphatic carbocycles. The van der Waals surface area contributed by atoms with Crippen molar-refractivity contribution < 1.29 is 13.2 Å². The van der Waals surface area contributed by atoms with E-state index in [0.717, 1.165) is 30.3 Å². The molecular weight excluding hydrogens is 350 g/mol. The van der Waals surface area contributed by atoms with E-state index in [1.54, 1.807) is 17.6 Å². The summed E-state index contributed by atoms with van der Waals surface area (Å²) in [6.45, 7) is 3.98. The van der Waals surface area contributed by atoms with Gasteiger partial charge in [-0.25, -0.2) is 17.7 Å². The number of sulfonamides is 1. The summed E-state index contributed by atoms with van der Waals surface area (Å²) in [5.41, 5.74) is 2.17. The lowest BCUT2D eigenvalue weighted by Gasteiger charge is -2.31. The van der Waals surface area contributed by atoms with E-state index in [9.17, 15) is 8.42 Å². The van der Waals surface area contributed by atoms with E-state index in [-0.39, 0.29) is 5.75 Å². The number of ether oxygens (including phenoxy) is 1. The fourth-order valence-electron chi connectivity index (χ4n) is 3.70. The van der Waals surface area contributed by atoms with Crippen LogP contribution < -0.4 is 0 Å². The van der Waals surface area contributed by atoms with Gasteiger partial charge in [-0.1, -0.05) is 6.92 Å². The van der Waals surface area contributed by atoms with Gasteiger partial charge in [-0.15, -0.1) is 0 Å². The Morgan fingerprint density at radius 1 is 1.35 bits per heavy atom. The molecule has 0 bridgehead atoms. The van der Waals surface area contributed by atoms with Crippen LogP contribution >= 0.6 is 0 Å². The first kappa shape index (κ1) is 19.3. The number of hydrogen-bond acceptors (Lipinski definition) is 4. The molecule has 1 unspecified atom stereocenters. The molecule has 1 aliphatic rings. The van der Waals surface area contributed by atoms with Gasteiger partial charge in [-0.05, 0) is 55.2 Å². The molecule has 2 aromatic heterocycles. The molecule has 3 rings (SSSR count). The van der Waals surface area contributed by atoms with Gasteiger partial charge in [0.1, 0.15) is 5.65 Å². The number of aromatic nitrogens is 2. The van der Waals surface area contributed by atoms with Gasteiger partial charge in [0, 0.05) is 44.6 Å². The van der Waals surface area contributed by atoms with Crippen LogP contribution in [0.1, 0.15) is 44.1 Å². The van der Waals surface area contributed by atoms with E-state index in [1.807, 2.05) is 12.3 Å². The smallest absolute Gasteiger partial charge is 0.214 e. The summed E-state index contributed by atoms with van der Waals surface area (Å²) in [5.74, 6) is 0.987. The first-order chi connectivity index (χ1) is 12.5. The van der Waals surface area contributed by atoms with Crippen molar-refractivity contribution in [1.29, 1.82) is 0 Å². The zero-order valence-corrected chi connectivity index (χ0v) is 16.5. The van der Waals surface area contributed by atoms with E-state index >= 15 is 0 Å². The van der Waals surface area contributed by atoms with Gasteiger partial charge < -0.3 is 9.72 Å². The minimum absolute atomic E-state index is 0.236. The number of pyridine rings is 1. The molecule has 0 amide bonds. The standard InChI is InChI=1S/C19H29N3O3S/c1-15(7-12-25-2)8-13-26(23,24)22-10-5-16(6-11-22)18-14-21-19-17(18)4-3-9-20-19/h3-4,9,14-16H,5-8,10-13H2,1-2H3,(H,20,21). The Bertz CT molecular complexity index is 810. The molecule has 0 aromatic carbocycles. The van der Waals surface area contributed by atoms with Gasteiger partial charge >= 0.3 is 0 Å². The normalized spacial score (nSPS) is 18.4. The number of nitrogens with one attached hydrogen (secondary N) is 1. The molecule has 7 heteroatoms. The molecule has 144 valence electrons. The van der Waals surface area contributed by atoms with Crippen LogP contribution in [0.4, 0.5) is 0 Å². The fraction of sp³-hybridized carbons (Fsp3) is 0.632. The monoisotopic (exact) mass is 379 g/mol. The Labute approximate surface area is 156 Å². The minimum atomic E-state index is -3.17. The van der Waals surface area contributed by atoms with Crippen molar-refractivity contribution in [1.82, 2.24) is 14.3 Å². The van der Waals surface area contributed by atoms with Crippen molar-refractivity contribution in [2.24, 2.45) is 5.92 Å². The van der Waals surface area contributed by atoms with Crippen molar-refractivity contribution in [3.8, 4) is 0 Å². The summed E-state index contributed by atoms with van der Waals surface area (Å²) in [6, 6.07) is 4.03. The van der Waals surface area contributed by atoms with Crippen molar-refractivity contribution >= 4 is 21.1 Å². The summed E-state index contributed by atoms with van der Waals surface area (Å²) in [5, 5.41) is 1.15. The lowest BCUT2D eigenvalue weighted by Crippen LogP contribution is -2.39. The van der Waals surface area contributed by atoms with Crippen LogP contribution in [0, 0.1) is 5.92 Å². The van der Waals surface area contributed by atoms with Crippen LogP contribution in [0.3, 0.4) is 0 Å². The van der Waals surface area contributed by atoms with Gasteiger partial charge in [-0.3, -0.25) is 0 Å². The highest BCUT2D eigenvalue weighted by Gasteiger charge is 2.29. The van der Waals surface area contributed by atoms with E-state index in [0.29, 0.717) is 38.0 Å². The molecule has 1 atom stereocenters. The second-order valence-electron chi connectivity index (χ2n) is 7.31. The Hall–Kier alpha value is -1.44. The SMILES string of the molecule is COCCC(C)CCS(=O)(=O)N1CCC(c2c[nH]c3ncccc23)CC1. The minimum Gasteiger partial charge on any atom is -0.385 e. The number of methoxy groups -OCH3 is 1. The number of rotatable bonds is 8. The van der Waals surface area contributed by atoms with Crippen molar-refractivity contribution in [3.05, 3.63) is 30.1 Å². The maximum absolute atomic E-state index is 12.6. The Balaban J connectivity index is 1.56. The molecular formula is C19H29N3O3S. The maximum Gasteiger partial charge on any atom is 0.214 e. The highest BCUT2D eigenvalue weighted by molar-refractivity contribution is 7.89. The lowest BCUT2D eigenvalue weighted by molar-refractivity contribution is 0.179. The van der Waals surface area contributed by atoms with Crippen LogP contribution in [0.15, 0.2) is 24.5 Å². The molecule has 1 fully saturated rings. The molecule has 26 heavy (non-hydrogen) atoms. The van der Waals surface area contributed by atoms with Gasteiger partial charge in [0.2, 0.25) is 10.0 Å². The number of H-pyrrole nitrogens is 1. The predicted molar refractivity (Wildman–Crippen MR) is 104 cm³/mol. The van der Waals surface area contributed by atoms with Crippen LogP contribution in [0.2, 0.25) is 0 Å². The fourth-order valence-corrected chi connectivity index (χ4v) is 5.43. The summed E-state index contributed by atoms with van der Waals surface area (Å²) in [4.78, 5) is 7.57. The van der Waals surface area contributed by atoms with Gasteiger partial charge in [0.05, 0.1) is 5.75 Å². The molecule has 3 heterocycles. The largest absolute Gasteiger partial charge is 0.385 e. The van der Waals surface area contributed by atoms with E-state index in [1.165, 1.54) is 5.56 Å². The van der Waals surface area contributed by atoms with E-state index < -0.39 is 10.0 Å². The third-order valence-corrected chi connectivity index (χ3v) is 7.36. The van der Waals surface area contributed by atoms with E-state index in [2.05, 4.69) is 23.0 Å². The number of fused-ring (bicyclic) bond motifs is 1. The topological polar surface area (TPSA) is 75.3 Å². The third kappa shape index (κ3) is 4.45. The molecule has 1 aliphatic heterocycles. The Kier molecular flexibility index (Phi) is 6.32. The second kappa shape index (κ2) is 8.50. The molecule has 0 spiro atoms. The molecule has 0 radical (unpaired) electrons. The van der Waals surface area contributed by atoms with Crippen LogP contribution in [-0.2, 0) is 14.8 Å². The van der Waals surface area contributed by atoms with Crippen LogP contribution in [-0.4, -0.2) is 55.3 Å². The first-order valence-corrected chi connectivity index (χ1v) is 11.0. The second-order valence-corrected chi connectivity index (χ2v) is 9.40. The van der Waals surface area contributed by atoms with Crippen molar-refractivity contribution in [2.45, 2.75) is 38.5 Å². The molecule has 0 saturated carbocycles.